The number of ether oxygens (including phenoxy) is 1. The van der Waals surface area contributed by atoms with Gasteiger partial charge in [-0.25, -0.2) is 4.79 Å². The highest BCUT2D eigenvalue weighted by Crippen LogP contribution is 2.79. The Morgan fingerprint density at radius 2 is 1.94 bits per heavy atom. The summed E-state index contributed by atoms with van der Waals surface area (Å²) >= 11 is 0. The van der Waals surface area contributed by atoms with Crippen LogP contribution in [0.2, 0.25) is 0 Å². The highest BCUT2D eigenvalue weighted by Gasteiger charge is 2.83. The molecule has 0 bridgehead atoms. The Morgan fingerprint density at radius 3 is 2.50 bits per heavy atom. The molecule has 1 saturated carbocycles. The van der Waals surface area contributed by atoms with Crippen molar-refractivity contribution in [3.05, 3.63) is 11.1 Å². The Morgan fingerprint density at radius 1 is 1.33 bits per heavy atom. The summed E-state index contributed by atoms with van der Waals surface area (Å²) < 4.78 is 4.88. The lowest BCUT2D eigenvalue weighted by atomic mass is 9.28. The molecule has 4 atom stereocenters. The maximum absolute atomic E-state index is 11.9. The number of hydrogen-bond acceptors (Lipinski definition) is 3. The minimum absolute atomic E-state index is 0.000556. The number of hydrogen-bond donors (Lipinski definition) is 0. The average Bonchev–Trinajstić information content (AvgIpc) is 2.71. The van der Waals surface area contributed by atoms with Crippen molar-refractivity contribution in [2.24, 2.45) is 15.8 Å². The van der Waals surface area contributed by atoms with Gasteiger partial charge in [0.05, 0.1) is 25.0 Å². The van der Waals surface area contributed by atoms with Crippen LogP contribution in [-0.4, -0.2) is 36.0 Å². The Hall–Kier alpha value is -1.32. The zero-order valence-electron chi connectivity index (χ0n) is 11.9. The number of carbonyl (C=O) groups excluding carboxylic acids is 1. The summed E-state index contributed by atoms with van der Waals surface area (Å²) in [5, 5.41) is 0. The van der Waals surface area contributed by atoms with Crippen LogP contribution in [0.1, 0.15) is 34.6 Å². The molecule has 1 aliphatic heterocycles. The molecule has 0 N–H and O–H groups in total. The molecular weight excluding hydrogens is 228 g/mol. The third-order valence-corrected chi connectivity index (χ3v) is 6.42. The van der Waals surface area contributed by atoms with Crippen LogP contribution in [-0.2, 0) is 4.74 Å². The molecule has 1 amide bonds. The van der Waals surface area contributed by atoms with Crippen molar-refractivity contribution in [2.45, 2.75) is 46.2 Å². The highest BCUT2D eigenvalue weighted by molar-refractivity contribution is 5.88. The predicted molar refractivity (Wildman–Crippen MR) is 69.5 cm³/mol. The zero-order valence-corrected chi connectivity index (χ0v) is 11.9. The van der Waals surface area contributed by atoms with Crippen molar-refractivity contribution in [2.75, 3.05) is 7.11 Å². The molecule has 0 spiro atoms. The van der Waals surface area contributed by atoms with Crippen molar-refractivity contribution >= 4 is 12.4 Å². The summed E-state index contributed by atoms with van der Waals surface area (Å²) in [4.78, 5) is 18.2. The topological polar surface area (TPSA) is 41.9 Å². The molecule has 3 rings (SSSR count). The van der Waals surface area contributed by atoms with Gasteiger partial charge in [0.1, 0.15) is 0 Å². The van der Waals surface area contributed by atoms with Gasteiger partial charge in [-0.1, -0.05) is 25.0 Å². The van der Waals surface area contributed by atoms with Crippen LogP contribution >= 0.6 is 0 Å². The molecular formula is C14H20N2O2. The average molecular weight is 248 g/mol. The second kappa shape index (κ2) is 2.81. The number of nitrogens with zero attached hydrogens (tertiary/aromatic N) is 2. The quantitative estimate of drug-likeness (QED) is 0.618. The van der Waals surface area contributed by atoms with E-state index in [1.165, 1.54) is 18.3 Å². The highest BCUT2D eigenvalue weighted by atomic mass is 16.5. The van der Waals surface area contributed by atoms with Crippen LogP contribution in [0.5, 0.6) is 0 Å². The number of rotatable bonds is 0. The van der Waals surface area contributed by atoms with Gasteiger partial charge in [0, 0.05) is 10.8 Å². The molecule has 0 aromatic carbocycles. The van der Waals surface area contributed by atoms with Crippen molar-refractivity contribution in [1.29, 1.82) is 0 Å². The minimum Gasteiger partial charge on any atom is -0.452 e. The molecule has 18 heavy (non-hydrogen) atoms. The molecule has 0 saturated heterocycles. The molecule has 3 aliphatic rings. The molecule has 0 radical (unpaired) electrons. The molecule has 0 aromatic heterocycles. The summed E-state index contributed by atoms with van der Waals surface area (Å²) in [5.74, 6) is 0. The number of fused-ring (bicyclic) bond motifs is 4. The van der Waals surface area contributed by atoms with Gasteiger partial charge in [0.25, 0.3) is 0 Å². The van der Waals surface area contributed by atoms with E-state index in [1.807, 2.05) is 0 Å². The van der Waals surface area contributed by atoms with Gasteiger partial charge in [-0.3, -0.25) is 9.89 Å². The van der Waals surface area contributed by atoms with Crippen LogP contribution in [0.25, 0.3) is 0 Å². The summed E-state index contributed by atoms with van der Waals surface area (Å²) in [6.07, 6.45) is 1.34. The SMILES string of the molecule is COC(=O)N1C=N[C@@H]2[C@@]3(C)C(C)=C(C)[C@]3(C)[C@]21C. The second-order valence-electron chi connectivity index (χ2n) is 6.23. The van der Waals surface area contributed by atoms with E-state index in [0.29, 0.717) is 0 Å². The second-order valence-corrected chi connectivity index (χ2v) is 6.23. The predicted octanol–water partition coefficient (Wildman–Crippen LogP) is 2.60. The van der Waals surface area contributed by atoms with Crippen molar-refractivity contribution in [3.8, 4) is 0 Å². The first-order valence-corrected chi connectivity index (χ1v) is 6.37. The van der Waals surface area contributed by atoms with E-state index in [0.717, 1.165) is 0 Å². The molecule has 2 aliphatic carbocycles. The van der Waals surface area contributed by atoms with Crippen molar-refractivity contribution in [1.82, 2.24) is 4.90 Å². The maximum atomic E-state index is 11.9. The first-order chi connectivity index (χ1) is 8.27. The smallest absolute Gasteiger partial charge is 0.415 e. The largest absolute Gasteiger partial charge is 0.452 e. The van der Waals surface area contributed by atoms with Gasteiger partial charge in [-0.15, -0.1) is 0 Å². The van der Waals surface area contributed by atoms with E-state index in [4.69, 9.17) is 4.74 Å². The van der Waals surface area contributed by atoms with Gasteiger partial charge >= 0.3 is 6.09 Å². The lowest BCUT2D eigenvalue weighted by Gasteiger charge is -2.78. The van der Waals surface area contributed by atoms with Crippen LogP contribution in [0, 0.1) is 10.8 Å². The van der Waals surface area contributed by atoms with E-state index in [2.05, 4.69) is 39.6 Å². The fourth-order valence-electron chi connectivity index (χ4n) is 4.86. The molecule has 0 aromatic rings. The van der Waals surface area contributed by atoms with E-state index < -0.39 is 0 Å². The van der Waals surface area contributed by atoms with Gasteiger partial charge < -0.3 is 4.74 Å². The molecule has 0 unspecified atom stereocenters. The summed E-state index contributed by atoms with van der Waals surface area (Å²) in [6.45, 7) is 11.0. The Labute approximate surface area is 108 Å². The molecule has 4 nitrogen and oxygen atoms in total. The third kappa shape index (κ3) is 0.722. The van der Waals surface area contributed by atoms with Crippen LogP contribution in [0.4, 0.5) is 4.79 Å². The standard InChI is InChI=1S/C14H20N2O2/c1-8-9(2)13(4)12(8,3)10-14(13,5)16(7-15-10)11(17)18-6/h7,10H,1-6H3/t10-,12-,13+,14+/m1/s1. The monoisotopic (exact) mass is 248 g/mol. The summed E-state index contributed by atoms with van der Waals surface area (Å²) in [5.41, 5.74) is 2.63. The number of carbonyl (C=O) groups is 1. The van der Waals surface area contributed by atoms with Crippen LogP contribution in [0.15, 0.2) is 16.1 Å². The molecule has 4 heteroatoms. The lowest BCUT2D eigenvalue weighted by Crippen LogP contribution is -2.84. The van der Waals surface area contributed by atoms with E-state index in [-0.39, 0.29) is 28.5 Å². The van der Waals surface area contributed by atoms with Crippen LogP contribution in [0.3, 0.4) is 0 Å². The summed E-state index contributed by atoms with van der Waals surface area (Å²) in [6, 6.07) is 0.151. The van der Waals surface area contributed by atoms with Crippen molar-refractivity contribution < 1.29 is 9.53 Å². The maximum Gasteiger partial charge on any atom is 0.415 e. The Bertz CT molecular complexity index is 524. The molecule has 98 valence electrons. The van der Waals surface area contributed by atoms with E-state index >= 15 is 0 Å². The minimum atomic E-state index is -0.315. The zero-order chi connectivity index (χ0) is 13.5. The van der Waals surface area contributed by atoms with Crippen molar-refractivity contribution in [3.63, 3.8) is 0 Å². The number of methoxy groups -OCH3 is 1. The number of aliphatic imine (C=N–C) groups is 1. The van der Waals surface area contributed by atoms with E-state index in [9.17, 15) is 4.79 Å². The third-order valence-electron chi connectivity index (χ3n) is 6.42. The fraction of sp³-hybridized carbons (Fsp3) is 0.714. The molecule has 1 heterocycles. The Kier molecular flexibility index (Phi) is 1.83. The van der Waals surface area contributed by atoms with Gasteiger partial charge in [-0.2, -0.15) is 0 Å². The number of amides is 1. The first-order valence-electron chi connectivity index (χ1n) is 6.37. The Balaban J connectivity index is 2.11. The first kappa shape index (κ1) is 11.8. The van der Waals surface area contributed by atoms with E-state index in [1.54, 1.807) is 11.2 Å². The lowest BCUT2D eigenvalue weighted by molar-refractivity contribution is -0.170. The normalized spacial score (nSPS) is 48.3. The van der Waals surface area contributed by atoms with Crippen LogP contribution < -0.4 is 0 Å². The summed E-state index contributed by atoms with van der Waals surface area (Å²) in [7, 11) is 1.42. The fourth-order valence-corrected chi connectivity index (χ4v) is 4.86. The van der Waals surface area contributed by atoms with Gasteiger partial charge in [0.2, 0.25) is 0 Å². The molecule has 1 fully saturated rings. The van der Waals surface area contributed by atoms with Gasteiger partial charge in [0.15, 0.2) is 0 Å². The van der Waals surface area contributed by atoms with Gasteiger partial charge in [-0.05, 0) is 20.8 Å².